The van der Waals surface area contributed by atoms with Gasteiger partial charge in [-0.05, 0) is 44.4 Å². The van der Waals surface area contributed by atoms with E-state index in [-0.39, 0.29) is 11.8 Å². The van der Waals surface area contributed by atoms with Crippen molar-refractivity contribution in [2.75, 3.05) is 0 Å². The van der Waals surface area contributed by atoms with Crippen LogP contribution in [0.15, 0.2) is 24.5 Å². The van der Waals surface area contributed by atoms with E-state index < -0.39 is 0 Å². The third kappa shape index (κ3) is 2.42. The van der Waals surface area contributed by atoms with Crippen LogP contribution in [0.1, 0.15) is 44.7 Å². The molecular formula is C16H21N3O. The zero-order chi connectivity index (χ0) is 14.1. The first-order chi connectivity index (χ1) is 9.65. The molecule has 0 saturated heterocycles. The van der Waals surface area contributed by atoms with Gasteiger partial charge in [0.05, 0.1) is 17.4 Å². The Kier molecular flexibility index (Phi) is 3.47. The van der Waals surface area contributed by atoms with Gasteiger partial charge in [-0.3, -0.25) is 4.79 Å². The van der Waals surface area contributed by atoms with E-state index in [2.05, 4.69) is 46.9 Å². The summed E-state index contributed by atoms with van der Waals surface area (Å²) in [5.74, 6) is 0.447. The molecule has 0 radical (unpaired) electrons. The van der Waals surface area contributed by atoms with Crippen LogP contribution in [-0.4, -0.2) is 15.5 Å². The number of aromatic nitrogens is 2. The predicted octanol–water partition coefficient (Wildman–Crippen LogP) is 3.03. The minimum Gasteiger partial charge on any atom is -0.352 e. The van der Waals surface area contributed by atoms with Crippen LogP contribution in [0.4, 0.5) is 0 Å². The third-order valence-electron chi connectivity index (χ3n) is 4.14. The highest BCUT2D eigenvalue weighted by Gasteiger charge is 2.24. The van der Waals surface area contributed by atoms with Gasteiger partial charge in [-0.25, -0.2) is 4.98 Å². The molecule has 1 fully saturated rings. The second-order valence-electron chi connectivity index (χ2n) is 5.91. The van der Waals surface area contributed by atoms with Crippen molar-refractivity contribution >= 4 is 16.9 Å². The summed E-state index contributed by atoms with van der Waals surface area (Å²) in [4.78, 5) is 16.3. The van der Waals surface area contributed by atoms with E-state index in [0.717, 1.165) is 29.4 Å². The average molecular weight is 271 g/mol. The normalized spacial score (nSPS) is 15.6. The molecular weight excluding hydrogens is 250 g/mol. The number of nitrogens with zero attached hydrogens (tertiary/aromatic N) is 2. The van der Waals surface area contributed by atoms with Crippen molar-refractivity contribution in [1.29, 1.82) is 0 Å². The Morgan fingerprint density at radius 3 is 2.90 bits per heavy atom. The summed E-state index contributed by atoms with van der Waals surface area (Å²) in [7, 11) is 0. The second-order valence-corrected chi connectivity index (χ2v) is 5.91. The summed E-state index contributed by atoms with van der Waals surface area (Å²) in [5.41, 5.74) is 3.25. The van der Waals surface area contributed by atoms with Gasteiger partial charge in [0.15, 0.2) is 0 Å². The fourth-order valence-corrected chi connectivity index (χ4v) is 2.60. The van der Waals surface area contributed by atoms with Crippen molar-refractivity contribution in [2.24, 2.45) is 5.92 Å². The van der Waals surface area contributed by atoms with Crippen LogP contribution >= 0.6 is 0 Å². The van der Waals surface area contributed by atoms with E-state index in [4.69, 9.17) is 0 Å². The summed E-state index contributed by atoms with van der Waals surface area (Å²) < 4.78 is 2.16. The van der Waals surface area contributed by atoms with E-state index in [0.29, 0.717) is 12.6 Å². The van der Waals surface area contributed by atoms with Gasteiger partial charge in [0.2, 0.25) is 5.91 Å². The van der Waals surface area contributed by atoms with Gasteiger partial charge in [0.1, 0.15) is 0 Å². The molecule has 0 unspecified atom stereocenters. The molecule has 1 N–H and O–H groups in total. The Bertz CT molecular complexity index is 626. The van der Waals surface area contributed by atoms with E-state index in [1.807, 2.05) is 6.33 Å². The minimum atomic E-state index is 0.198. The molecule has 20 heavy (non-hydrogen) atoms. The SMILES string of the molecule is CC(C)n1cnc2cc(CNC(=O)C3CCC3)ccc21. The second kappa shape index (κ2) is 5.27. The fourth-order valence-electron chi connectivity index (χ4n) is 2.60. The van der Waals surface area contributed by atoms with Gasteiger partial charge in [-0.2, -0.15) is 0 Å². The number of rotatable bonds is 4. The van der Waals surface area contributed by atoms with E-state index in [9.17, 15) is 4.79 Å². The quantitative estimate of drug-likeness (QED) is 0.929. The highest BCUT2D eigenvalue weighted by molar-refractivity contribution is 5.80. The molecule has 0 atom stereocenters. The first-order valence-electron chi connectivity index (χ1n) is 7.38. The maximum Gasteiger partial charge on any atom is 0.223 e. The van der Waals surface area contributed by atoms with Crippen molar-refractivity contribution in [2.45, 2.75) is 45.7 Å². The number of carbonyl (C=O) groups excluding carboxylic acids is 1. The average Bonchev–Trinajstić information content (AvgIpc) is 2.77. The number of carbonyl (C=O) groups is 1. The molecule has 0 bridgehead atoms. The number of fused-ring (bicyclic) bond motifs is 1. The molecule has 1 heterocycles. The number of nitrogens with one attached hydrogen (secondary N) is 1. The topological polar surface area (TPSA) is 46.9 Å². The lowest BCUT2D eigenvalue weighted by Crippen LogP contribution is -2.33. The van der Waals surface area contributed by atoms with Crippen LogP contribution in [0.25, 0.3) is 11.0 Å². The first-order valence-corrected chi connectivity index (χ1v) is 7.38. The van der Waals surface area contributed by atoms with Gasteiger partial charge < -0.3 is 9.88 Å². The fraction of sp³-hybridized carbons (Fsp3) is 0.500. The van der Waals surface area contributed by atoms with Crippen LogP contribution in [0.2, 0.25) is 0 Å². The summed E-state index contributed by atoms with van der Waals surface area (Å²) in [6, 6.07) is 6.64. The summed E-state index contributed by atoms with van der Waals surface area (Å²) >= 11 is 0. The maximum atomic E-state index is 11.8. The molecule has 1 aliphatic carbocycles. The molecule has 1 amide bonds. The van der Waals surface area contributed by atoms with Crippen LogP contribution in [0.3, 0.4) is 0 Å². The van der Waals surface area contributed by atoms with Crippen LogP contribution in [-0.2, 0) is 11.3 Å². The van der Waals surface area contributed by atoms with Crippen molar-refractivity contribution in [3.63, 3.8) is 0 Å². The van der Waals surface area contributed by atoms with Gasteiger partial charge in [0.25, 0.3) is 0 Å². The van der Waals surface area contributed by atoms with Crippen molar-refractivity contribution in [3.05, 3.63) is 30.1 Å². The molecule has 4 heteroatoms. The number of amides is 1. The van der Waals surface area contributed by atoms with Crippen LogP contribution < -0.4 is 5.32 Å². The van der Waals surface area contributed by atoms with Crippen LogP contribution in [0, 0.1) is 5.92 Å². The standard InChI is InChI=1S/C16H21N3O/c1-11(2)19-10-18-14-8-12(6-7-15(14)19)9-17-16(20)13-4-3-5-13/h6-8,10-11,13H,3-5,9H2,1-2H3,(H,17,20). The van der Waals surface area contributed by atoms with Gasteiger partial charge in [0, 0.05) is 18.5 Å². The monoisotopic (exact) mass is 271 g/mol. The smallest absolute Gasteiger partial charge is 0.223 e. The molecule has 4 nitrogen and oxygen atoms in total. The van der Waals surface area contributed by atoms with Crippen molar-refractivity contribution in [1.82, 2.24) is 14.9 Å². The lowest BCUT2D eigenvalue weighted by atomic mass is 9.85. The lowest BCUT2D eigenvalue weighted by Gasteiger charge is -2.24. The summed E-state index contributed by atoms with van der Waals surface area (Å²) in [6.07, 6.45) is 5.16. The number of imidazole rings is 1. The molecule has 3 rings (SSSR count). The highest BCUT2D eigenvalue weighted by atomic mass is 16.1. The maximum absolute atomic E-state index is 11.8. The number of benzene rings is 1. The van der Waals surface area contributed by atoms with E-state index >= 15 is 0 Å². The molecule has 1 aromatic carbocycles. The Balaban J connectivity index is 1.71. The van der Waals surface area contributed by atoms with Gasteiger partial charge in [-0.15, -0.1) is 0 Å². The Labute approximate surface area is 119 Å². The van der Waals surface area contributed by atoms with Crippen LogP contribution in [0.5, 0.6) is 0 Å². The molecule has 1 saturated carbocycles. The zero-order valence-electron chi connectivity index (χ0n) is 12.1. The first kappa shape index (κ1) is 13.2. The van der Waals surface area contributed by atoms with Gasteiger partial charge in [-0.1, -0.05) is 12.5 Å². The highest BCUT2D eigenvalue weighted by Crippen LogP contribution is 2.26. The number of hydrogen-bond acceptors (Lipinski definition) is 2. The minimum absolute atomic E-state index is 0.198. The summed E-state index contributed by atoms with van der Waals surface area (Å²) in [6.45, 7) is 4.89. The Hall–Kier alpha value is -1.84. The predicted molar refractivity (Wildman–Crippen MR) is 79.3 cm³/mol. The molecule has 1 aliphatic rings. The summed E-state index contributed by atoms with van der Waals surface area (Å²) in [5, 5.41) is 3.02. The molecule has 2 aromatic rings. The Morgan fingerprint density at radius 2 is 2.25 bits per heavy atom. The number of hydrogen-bond donors (Lipinski definition) is 1. The molecule has 1 aromatic heterocycles. The van der Waals surface area contributed by atoms with Gasteiger partial charge >= 0.3 is 0 Å². The van der Waals surface area contributed by atoms with E-state index in [1.54, 1.807) is 0 Å². The van der Waals surface area contributed by atoms with Crippen molar-refractivity contribution < 1.29 is 4.79 Å². The Morgan fingerprint density at radius 1 is 1.45 bits per heavy atom. The largest absolute Gasteiger partial charge is 0.352 e. The molecule has 0 spiro atoms. The molecule has 0 aliphatic heterocycles. The lowest BCUT2D eigenvalue weighted by molar-refractivity contribution is -0.127. The van der Waals surface area contributed by atoms with E-state index in [1.165, 1.54) is 6.42 Å². The zero-order valence-corrected chi connectivity index (χ0v) is 12.1. The molecule has 106 valence electrons. The van der Waals surface area contributed by atoms with Crippen molar-refractivity contribution in [3.8, 4) is 0 Å². The third-order valence-corrected chi connectivity index (χ3v) is 4.14.